The number of hydrogen-bond acceptors (Lipinski definition) is 4. The monoisotopic (exact) mass is 226 g/mol. The maximum absolute atomic E-state index is 8.88. The largest absolute Gasteiger partial charge is 0.379 e. The molecule has 1 heterocycles. The van der Waals surface area contributed by atoms with Crippen LogP contribution in [0.3, 0.4) is 0 Å². The van der Waals surface area contributed by atoms with E-state index in [1.807, 2.05) is 6.92 Å². The summed E-state index contributed by atoms with van der Waals surface area (Å²) in [7, 11) is 0. The van der Waals surface area contributed by atoms with Gasteiger partial charge in [-0.1, -0.05) is 6.92 Å². The van der Waals surface area contributed by atoms with E-state index in [-0.39, 0.29) is 6.10 Å². The summed E-state index contributed by atoms with van der Waals surface area (Å²) in [6, 6.07) is 2.16. The number of ether oxygens (including phenoxy) is 2. The Balaban J connectivity index is 2.01. The molecule has 0 aromatic heterocycles. The summed E-state index contributed by atoms with van der Waals surface area (Å²) in [5.41, 5.74) is 5.19. The second kappa shape index (κ2) is 6.85. The molecule has 1 aliphatic heterocycles. The van der Waals surface area contributed by atoms with Crippen molar-refractivity contribution >= 4 is 0 Å². The number of nitrogens with two attached hydrogens (primary N) is 1. The van der Waals surface area contributed by atoms with E-state index in [1.165, 1.54) is 0 Å². The minimum Gasteiger partial charge on any atom is -0.379 e. The molecular weight excluding hydrogens is 204 g/mol. The average molecular weight is 226 g/mol. The second-order valence-corrected chi connectivity index (χ2v) is 4.43. The molecule has 4 heteroatoms. The Labute approximate surface area is 97.7 Å². The second-order valence-electron chi connectivity index (χ2n) is 4.43. The van der Waals surface area contributed by atoms with Gasteiger partial charge in [-0.05, 0) is 32.1 Å². The van der Waals surface area contributed by atoms with Gasteiger partial charge in [0, 0.05) is 13.2 Å². The number of hydrogen-bond donors (Lipinski definition) is 1. The summed E-state index contributed by atoms with van der Waals surface area (Å²) < 4.78 is 11.0. The van der Waals surface area contributed by atoms with E-state index >= 15 is 0 Å². The maximum Gasteiger partial charge on any atom is 0.104 e. The summed E-state index contributed by atoms with van der Waals surface area (Å²) in [6.07, 6.45) is 4.76. The third-order valence-corrected chi connectivity index (χ3v) is 3.09. The van der Waals surface area contributed by atoms with Gasteiger partial charge in [-0.3, -0.25) is 0 Å². The lowest BCUT2D eigenvalue weighted by molar-refractivity contribution is 0.0154. The normalized spacial score (nSPS) is 23.9. The molecule has 0 aliphatic carbocycles. The fourth-order valence-corrected chi connectivity index (χ4v) is 1.79. The number of rotatable bonds is 7. The minimum atomic E-state index is -0.673. The molecule has 4 nitrogen and oxygen atoms in total. The third kappa shape index (κ3) is 4.48. The zero-order valence-corrected chi connectivity index (χ0v) is 10.1. The van der Waals surface area contributed by atoms with E-state index in [0.717, 1.165) is 25.9 Å². The van der Waals surface area contributed by atoms with Crippen LogP contribution in [0.4, 0.5) is 0 Å². The molecule has 0 saturated carbocycles. The highest BCUT2D eigenvalue weighted by Crippen LogP contribution is 2.14. The van der Waals surface area contributed by atoms with E-state index in [9.17, 15) is 0 Å². The van der Waals surface area contributed by atoms with Crippen molar-refractivity contribution in [3.63, 3.8) is 0 Å². The first-order valence-corrected chi connectivity index (χ1v) is 6.09. The predicted molar refractivity (Wildman–Crippen MR) is 61.8 cm³/mol. The Hall–Kier alpha value is -0.630. The van der Waals surface area contributed by atoms with E-state index in [0.29, 0.717) is 26.1 Å². The van der Waals surface area contributed by atoms with Gasteiger partial charge in [0.05, 0.1) is 18.8 Å². The molecule has 1 aliphatic rings. The molecule has 2 N–H and O–H groups in total. The van der Waals surface area contributed by atoms with Crippen molar-refractivity contribution in [2.75, 3.05) is 19.8 Å². The van der Waals surface area contributed by atoms with Crippen LogP contribution in [-0.4, -0.2) is 31.5 Å². The summed E-state index contributed by atoms with van der Waals surface area (Å²) in [4.78, 5) is 0. The lowest BCUT2D eigenvalue weighted by atomic mass is 9.94. The summed E-state index contributed by atoms with van der Waals surface area (Å²) >= 11 is 0. The summed E-state index contributed by atoms with van der Waals surface area (Å²) in [5, 5.41) is 8.88. The van der Waals surface area contributed by atoms with E-state index in [4.69, 9.17) is 20.5 Å². The lowest BCUT2D eigenvalue weighted by Gasteiger charge is -2.19. The molecule has 0 aromatic rings. The smallest absolute Gasteiger partial charge is 0.104 e. The molecule has 0 spiro atoms. The van der Waals surface area contributed by atoms with Gasteiger partial charge in [-0.25, -0.2) is 0 Å². The van der Waals surface area contributed by atoms with Gasteiger partial charge in [0.15, 0.2) is 0 Å². The van der Waals surface area contributed by atoms with Gasteiger partial charge >= 0.3 is 0 Å². The maximum atomic E-state index is 8.88. The molecule has 2 unspecified atom stereocenters. The first kappa shape index (κ1) is 13.4. The number of nitriles is 1. The molecule has 1 fully saturated rings. The van der Waals surface area contributed by atoms with Crippen LogP contribution in [0.1, 0.15) is 39.0 Å². The van der Waals surface area contributed by atoms with Gasteiger partial charge in [-0.15, -0.1) is 0 Å². The van der Waals surface area contributed by atoms with Crippen LogP contribution < -0.4 is 5.73 Å². The van der Waals surface area contributed by atoms with Gasteiger partial charge in [0.2, 0.25) is 0 Å². The number of nitrogens with zero attached hydrogens (tertiary/aromatic N) is 1. The van der Waals surface area contributed by atoms with Gasteiger partial charge < -0.3 is 15.2 Å². The molecule has 2 atom stereocenters. The quantitative estimate of drug-likeness (QED) is 0.669. The fraction of sp³-hybridized carbons (Fsp3) is 0.917. The highest BCUT2D eigenvalue weighted by Gasteiger charge is 2.21. The minimum absolute atomic E-state index is 0.282. The van der Waals surface area contributed by atoms with Crippen molar-refractivity contribution < 1.29 is 9.47 Å². The van der Waals surface area contributed by atoms with Crippen molar-refractivity contribution in [3.8, 4) is 6.07 Å². The van der Waals surface area contributed by atoms with E-state index in [1.54, 1.807) is 0 Å². The fourth-order valence-electron chi connectivity index (χ4n) is 1.79. The Kier molecular flexibility index (Phi) is 5.75. The van der Waals surface area contributed by atoms with Crippen LogP contribution in [0.25, 0.3) is 0 Å². The van der Waals surface area contributed by atoms with Crippen LogP contribution in [0.15, 0.2) is 0 Å². The molecule has 92 valence electrons. The standard InChI is InChI=1S/C12H22N2O2/c1-2-12(14,10-13)6-4-7-15-9-11-5-3-8-16-11/h11H,2-9,14H2,1H3. The summed E-state index contributed by atoms with van der Waals surface area (Å²) in [5.74, 6) is 0. The Morgan fingerprint density at radius 2 is 2.44 bits per heavy atom. The van der Waals surface area contributed by atoms with Gasteiger partial charge in [0.1, 0.15) is 5.54 Å². The first-order chi connectivity index (χ1) is 7.70. The van der Waals surface area contributed by atoms with Gasteiger partial charge in [-0.2, -0.15) is 5.26 Å². The van der Waals surface area contributed by atoms with E-state index < -0.39 is 5.54 Å². The van der Waals surface area contributed by atoms with Crippen LogP contribution in [0.5, 0.6) is 0 Å². The van der Waals surface area contributed by atoms with Crippen molar-refractivity contribution in [2.24, 2.45) is 5.73 Å². The van der Waals surface area contributed by atoms with Crippen LogP contribution in [-0.2, 0) is 9.47 Å². The molecule has 1 saturated heterocycles. The molecular formula is C12H22N2O2. The van der Waals surface area contributed by atoms with Crippen LogP contribution >= 0.6 is 0 Å². The zero-order valence-electron chi connectivity index (χ0n) is 10.1. The van der Waals surface area contributed by atoms with E-state index in [2.05, 4.69) is 6.07 Å². The SMILES string of the molecule is CCC(N)(C#N)CCCOCC1CCCO1. The highest BCUT2D eigenvalue weighted by atomic mass is 16.5. The third-order valence-electron chi connectivity index (χ3n) is 3.09. The molecule has 1 rings (SSSR count). The van der Waals surface area contributed by atoms with Crippen molar-refractivity contribution in [1.29, 1.82) is 5.26 Å². The van der Waals surface area contributed by atoms with Gasteiger partial charge in [0.25, 0.3) is 0 Å². The van der Waals surface area contributed by atoms with Crippen molar-refractivity contribution in [2.45, 2.75) is 50.7 Å². The topological polar surface area (TPSA) is 68.3 Å². The highest BCUT2D eigenvalue weighted by molar-refractivity contribution is 5.03. The molecule has 16 heavy (non-hydrogen) atoms. The molecule has 0 bridgehead atoms. The molecule has 0 aromatic carbocycles. The average Bonchev–Trinajstić information content (AvgIpc) is 2.81. The molecule has 0 amide bonds. The van der Waals surface area contributed by atoms with Crippen molar-refractivity contribution in [1.82, 2.24) is 0 Å². The zero-order chi connectivity index (χ0) is 11.9. The Morgan fingerprint density at radius 3 is 3.00 bits per heavy atom. The van der Waals surface area contributed by atoms with Crippen LogP contribution in [0, 0.1) is 11.3 Å². The van der Waals surface area contributed by atoms with Crippen LogP contribution in [0.2, 0.25) is 0 Å². The van der Waals surface area contributed by atoms with Crippen molar-refractivity contribution in [3.05, 3.63) is 0 Å². The first-order valence-electron chi connectivity index (χ1n) is 6.09. The molecule has 0 radical (unpaired) electrons. The Morgan fingerprint density at radius 1 is 1.62 bits per heavy atom. The summed E-state index contributed by atoms with van der Waals surface area (Å²) in [6.45, 7) is 4.15. The lowest BCUT2D eigenvalue weighted by Crippen LogP contribution is -2.37. The predicted octanol–water partition coefficient (Wildman–Crippen LogP) is 1.59. The Bertz CT molecular complexity index is 234.